The summed E-state index contributed by atoms with van der Waals surface area (Å²) < 4.78 is 0.458. The van der Waals surface area contributed by atoms with Crippen LogP contribution in [0, 0.1) is 17.0 Å². The Morgan fingerprint density at radius 3 is 2.80 bits per heavy atom. The molecule has 1 aromatic carbocycles. The lowest BCUT2D eigenvalue weighted by Crippen LogP contribution is -1.94. The molecule has 0 saturated carbocycles. The van der Waals surface area contributed by atoms with Gasteiger partial charge in [0.05, 0.1) is 15.6 Å². The maximum atomic E-state index is 10.7. The maximum absolute atomic E-state index is 10.7. The average Bonchev–Trinajstić information content (AvgIpc) is 2.16. The van der Waals surface area contributed by atoms with E-state index in [1.54, 1.807) is 6.07 Å². The van der Waals surface area contributed by atoms with Crippen LogP contribution in [0.3, 0.4) is 0 Å². The van der Waals surface area contributed by atoms with Gasteiger partial charge in [-0.25, -0.2) is 0 Å². The second-order valence-corrected chi connectivity index (χ2v) is 3.69. The fourth-order valence-corrected chi connectivity index (χ4v) is 1.67. The van der Waals surface area contributed by atoms with Crippen molar-refractivity contribution < 1.29 is 9.76 Å². The van der Waals surface area contributed by atoms with E-state index in [1.807, 2.05) is 6.92 Å². The molecule has 5 nitrogen and oxygen atoms in total. The van der Waals surface area contributed by atoms with Gasteiger partial charge in [0.15, 0.2) is 0 Å². The van der Waals surface area contributed by atoms with Crippen LogP contribution in [0.4, 0.5) is 5.69 Å². The number of rotatable bonds is 3. The van der Waals surface area contributed by atoms with Gasteiger partial charge in [-0.15, -0.1) is 0 Å². The summed E-state index contributed by atoms with van der Waals surface area (Å²) in [6.07, 6.45) is 1.44. The largest absolute Gasteiger partial charge is 0.399 e. The first-order chi connectivity index (χ1) is 7.06. The summed E-state index contributed by atoms with van der Waals surface area (Å²) in [6.45, 7) is 1.84. The van der Waals surface area contributed by atoms with Crippen molar-refractivity contribution in [2.75, 3.05) is 7.11 Å². The Kier molecular flexibility index (Phi) is 3.79. The summed E-state index contributed by atoms with van der Waals surface area (Å²) >= 11 is 3.13. The molecule has 0 saturated heterocycles. The lowest BCUT2D eigenvalue weighted by molar-refractivity contribution is -0.385. The standard InChI is InChI=1S/C9H9BrN2O3/c1-6-3-8(10)9(12(13)14)4-7(6)5-11-15-2/h3-5H,1-2H3/b11-5+. The quantitative estimate of drug-likeness (QED) is 0.483. The molecule has 0 spiro atoms. The smallest absolute Gasteiger partial charge is 0.284 e. The SMILES string of the molecule is CO/N=C/c1cc([N+](=O)[O-])c(Br)cc1C. The van der Waals surface area contributed by atoms with Crippen LogP contribution < -0.4 is 0 Å². The first kappa shape index (κ1) is 11.6. The fraction of sp³-hybridized carbons (Fsp3) is 0.222. The van der Waals surface area contributed by atoms with E-state index in [1.165, 1.54) is 19.4 Å². The number of nitrogens with zero attached hydrogens (tertiary/aromatic N) is 2. The van der Waals surface area contributed by atoms with Gasteiger partial charge in [-0.2, -0.15) is 0 Å². The van der Waals surface area contributed by atoms with Crippen molar-refractivity contribution in [3.05, 3.63) is 37.8 Å². The highest BCUT2D eigenvalue weighted by molar-refractivity contribution is 9.10. The molecular weight excluding hydrogens is 264 g/mol. The number of nitro groups is 1. The minimum Gasteiger partial charge on any atom is -0.399 e. The highest BCUT2D eigenvalue weighted by Gasteiger charge is 2.13. The van der Waals surface area contributed by atoms with Crippen LogP contribution in [0.5, 0.6) is 0 Å². The van der Waals surface area contributed by atoms with Gasteiger partial charge < -0.3 is 4.84 Å². The van der Waals surface area contributed by atoms with Crippen molar-refractivity contribution in [3.8, 4) is 0 Å². The van der Waals surface area contributed by atoms with Gasteiger partial charge >= 0.3 is 0 Å². The molecule has 0 atom stereocenters. The molecule has 15 heavy (non-hydrogen) atoms. The van der Waals surface area contributed by atoms with E-state index >= 15 is 0 Å². The van der Waals surface area contributed by atoms with Gasteiger partial charge in [-0.1, -0.05) is 5.16 Å². The third-order valence-electron chi connectivity index (χ3n) is 1.83. The third-order valence-corrected chi connectivity index (χ3v) is 2.46. The molecule has 0 bridgehead atoms. The van der Waals surface area contributed by atoms with E-state index < -0.39 is 4.92 Å². The molecule has 0 aromatic heterocycles. The van der Waals surface area contributed by atoms with Gasteiger partial charge in [0, 0.05) is 11.6 Å². The predicted octanol–water partition coefficient (Wildman–Crippen LogP) is 2.65. The first-order valence-electron chi connectivity index (χ1n) is 4.07. The number of aryl methyl sites for hydroxylation is 1. The topological polar surface area (TPSA) is 64.7 Å². The summed E-state index contributed by atoms with van der Waals surface area (Å²) in [6, 6.07) is 3.12. The average molecular weight is 273 g/mol. The van der Waals surface area contributed by atoms with Gasteiger partial charge in [0.2, 0.25) is 0 Å². The Morgan fingerprint density at radius 2 is 2.27 bits per heavy atom. The summed E-state index contributed by atoms with van der Waals surface area (Å²) in [5.41, 5.74) is 1.55. The zero-order chi connectivity index (χ0) is 11.4. The van der Waals surface area contributed by atoms with Crippen LogP contribution in [0.1, 0.15) is 11.1 Å². The van der Waals surface area contributed by atoms with Crippen LogP contribution in [0.25, 0.3) is 0 Å². The van der Waals surface area contributed by atoms with Crippen molar-refractivity contribution in [1.82, 2.24) is 0 Å². The highest BCUT2D eigenvalue weighted by Crippen LogP contribution is 2.27. The Morgan fingerprint density at radius 1 is 1.60 bits per heavy atom. The molecule has 0 aliphatic carbocycles. The third kappa shape index (κ3) is 2.76. The summed E-state index contributed by atoms with van der Waals surface area (Å²) in [5.74, 6) is 0. The van der Waals surface area contributed by atoms with Gasteiger partial charge in [-0.3, -0.25) is 10.1 Å². The summed E-state index contributed by atoms with van der Waals surface area (Å²) in [5, 5.41) is 14.2. The minimum atomic E-state index is -0.451. The second kappa shape index (κ2) is 4.88. The van der Waals surface area contributed by atoms with Crippen LogP contribution in [0.15, 0.2) is 21.8 Å². The van der Waals surface area contributed by atoms with Gasteiger partial charge in [0.1, 0.15) is 7.11 Å². The number of hydrogen-bond donors (Lipinski definition) is 0. The predicted molar refractivity (Wildman–Crippen MR) is 60.1 cm³/mol. The number of halogens is 1. The van der Waals surface area contributed by atoms with E-state index in [0.29, 0.717) is 10.0 Å². The summed E-state index contributed by atoms with van der Waals surface area (Å²) in [4.78, 5) is 14.7. The normalized spacial score (nSPS) is 10.6. The van der Waals surface area contributed by atoms with E-state index in [9.17, 15) is 10.1 Å². The molecule has 1 aromatic rings. The van der Waals surface area contributed by atoms with Crippen molar-refractivity contribution in [1.29, 1.82) is 0 Å². The Bertz CT molecular complexity index is 418. The second-order valence-electron chi connectivity index (χ2n) is 2.83. The molecule has 0 aliphatic heterocycles. The highest BCUT2D eigenvalue weighted by atomic mass is 79.9. The van der Waals surface area contributed by atoms with Crippen molar-refractivity contribution in [3.63, 3.8) is 0 Å². The number of nitro benzene ring substituents is 1. The molecule has 0 radical (unpaired) electrons. The fourth-order valence-electron chi connectivity index (χ4n) is 1.07. The zero-order valence-electron chi connectivity index (χ0n) is 8.23. The van der Waals surface area contributed by atoms with Crippen LogP contribution in [-0.2, 0) is 4.84 Å². The molecular formula is C9H9BrN2O3. The number of benzene rings is 1. The molecule has 0 amide bonds. The van der Waals surface area contributed by atoms with Crippen LogP contribution >= 0.6 is 15.9 Å². The van der Waals surface area contributed by atoms with Crippen molar-refractivity contribution >= 4 is 27.8 Å². The maximum Gasteiger partial charge on any atom is 0.284 e. The first-order valence-corrected chi connectivity index (χ1v) is 4.86. The van der Waals surface area contributed by atoms with E-state index in [2.05, 4.69) is 25.9 Å². The summed E-state index contributed by atoms with van der Waals surface area (Å²) in [7, 11) is 1.42. The molecule has 80 valence electrons. The molecule has 0 N–H and O–H groups in total. The van der Waals surface area contributed by atoms with E-state index in [-0.39, 0.29) is 5.69 Å². The molecule has 0 heterocycles. The Labute approximate surface area is 95.0 Å². The molecule has 0 aliphatic rings. The van der Waals surface area contributed by atoms with Crippen LogP contribution in [0.2, 0.25) is 0 Å². The van der Waals surface area contributed by atoms with Crippen LogP contribution in [-0.4, -0.2) is 18.2 Å². The zero-order valence-corrected chi connectivity index (χ0v) is 9.82. The van der Waals surface area contributed by atoms with Crippen molar-refractivity contribution in [2.24, 2.45) is 5.16 Å². The molecule has 6 heteroatoms. The van der Waals surface area contributed by atoms with Gasteiger partial charge in [0.25, 0.3) is 5.69 Å². The van der Waals surface area contributed by atoms with Gasteiger partial charge in [-0.05, 0) is 34.5 Å². The van der Waals surface area contributed by atoms with E-state index in [4.69, 9.17) is 0 Å². The molecule has 0 fully saturated rings. The van der Waals surface area contributed by atoms with Crippen molar-refractivity contribution in [2.45, 2.75) is 6.92 Å². The minimum absolute atomic E-state index is 0.0122. The Hall–Kier alpha value is -1.43. The molecule has 0 unspecified atom stereocenters. The lowest BCUT2D eigenvalue weighted by atomic mass is 10.1. The Balaban J connectivity index is 3.23. The lowest BCUT2D eigenvalue weighted by Gasteiger charge is -2.01. The van der Waals surface area contributed by atoms with E-state index in [0.717, 1.165) is 5.56 Å². The monoisotopic (exact) mass is 272 g/mol. The number of oxime groups is 1. The number of hydrogen-bond acceptors (Lipinski definition) is 4. The molecule has 1 rings (SSSR count).